The zero-order valence-corrected chi connectivity index (χ0v) is 33.5. The molecule has 4 N–H and O–H groups in total. The number of hydrogen-bond acceptors (Lipinski definition) is 4. The summed E-state index contributed by atoms with van der Waals surface area (Å²) >= 11 is 0. The molecule has 0 saturated heterocycles. The van der Waals surface area contributed by atoms with Gasteiger partial charge in [0, 0.05) is 0 Å². The molecule has 0 aliphatic carbocycles. The largest absolute Gasteiger partial charge is 0.394 e. The topological polar surface area (TPSA) is 89.8 Å². The van der Waals surface area contributed by atoms with Gasteiger partial charge in [0.05, 0.1) is 31.3 Å². The predicted molar refractivity (Wildman–Crippen MR) is 222 cm³/mol. The molecule has 0 aliphatic heterocycles. The molecule has 3 atom stereocenters. The highest BCUT2D eigenvalue weighted by molar-refractivity contribution is 5.77. The lowest BCUT2D eigenvalue weighted by Gasteiger charge is -2.20. The lowest BCUT2D eigenvalue weighted by molar-refractivity contribution is -0.124. The Morgan fingerprint density at radius 3 is 1.33 bits per heavy atom. The van der Waals surface area contributed by atoms with Gasteiger partial charge in [-0.2, -0.15) is 0 Å². The summed E-state index contributed by atoms with van der Waals surface area (Å²) in [6.45, 7) is 4.14. The van der Waals surface area contributed by atoms with Crippen LogP contribution in [0.1, 0.15) is 200 Å². The molecule has 0 aromatic carbocycles. The van der Waals surface area contributed by atoms with Crippen LogP contribution in [-0.2, 0) is 4.79 Å². The van der Waals surface area contributed by atoms with E-state index >= 15 is 0 Å². The average molecular weight is 714 g/mol. The SMILES string of the molecule is CCCCCCCC/C=C\C/C=C\C(O)CC(=O)NC(CO)C(O)/C=C/CC/C=C/CC/C=C/CCCCCCCCCCCCCCCCC. The zero-order valence-electron chi connectivity index (χ0n) is 33.5. The molecule has 0 bridgehead atoms. The van der Waals surface area contributed by atoms with Crippen molar-refractivity contribution in [3.8, 4) is 0 Å². The van der Waals surface area contributed by atoms with Crippen LogP contribution in [-0.4, -0.2) is 46.1 Å². The minimum absolute atomic E-state index is 0.107. The number of unbranched alkanes of at least 4 members (excludes halogenated alkanes) is 23. The summed E-state index contributed by atoms with van der Waals surface area (Å²) in [5.41, 5.74) is 0. The Bertz CT molecular complexity index is 876. The number of rotatable bonds is 38. The Morgan fingerprint density at radius 2 is 0.882 bits per heavy atom. The zero-order chi connectivity index (χ0) is 37.3. The van der Waals surface area contributed by atoms with E-state index < -0.39 is 24.2 Å². The second-order valence-corrected chi connectivity index (χ2v) is 14.6. The highest BCUT2D eigenvalue weighted by Gasteiger charge is 2.19. The molecule has 0 saturated carbocycles. The van der Waals surface area contributed by atoms with Gasteiger partial charge >= 0.3 is 0 Å². The van der Waals surface area contributed by atoms with Gasteiger partial charge < -0.3 is 20.6 Å². The summed E-state index contributed by atoms with van der Waals surface area (Å²) in [6.07, 6.45) is 54.0. The predicted octanol–water partition coefficient (Wildman–Crippen LogP) is 12.3. The highest BCUT2D eigenvalue weighted by atomic mass is 16.3. The molecule has 0 fully saturated rings. The fourth-order valence-corrected chi connectivity index (χ4v) is 6.19. The van der Waals surface area contributed by atoms with Gasteiger partial charge in [-0.05, 0) is 57.8 Å². The van der Waals surface area contributed by atoms with Gasteiger partial charge in [0.15, 0.2) is 0 Å². The third kappa shape index (κ3) is 37.6. The van der Waals surface area contributed by atoms with Gasteiger partial charge in [-0.25, -0.2) is 0 Å². The van der Waals surface area contributed by atoms with E-state index in [9.17, 15) is 20.1 Å². The number of carbonyl (C=O) groups excluding carboxylic acids is 1. The summed E-state index contributed by atoms with van der Waals surface area (Å²) in [5, 5.41) is 32.9. The van der Waals surface area contributed by atoms with E-state index in [2.05, 4.69) is 55.6 Å². The van der Waals surface area contributed by atoms with Crippen molar-refractivity contribution >= 4 is 5.91 Å². The van der Waals surface area contributed by atoms with Crippen molar-refractivity contribution in [2.24, 2.45) is 0 Å². The van der Waals surface area contributed by atoms with Gasteiger partial charge in [-0.3, -0.25) is 4.79 Å². The van der Waals surface area contributed by atoms with E-state index in [0.29, 0.717) is 0 Å². The van der Waals surface area contributed by atoms with Crippen molar-refractivity contribution < 1.29 is 20.1 Å². The standard InChI is InChI=1S/C46H83NO4/c1-3-5-7-9-11-13-15-16-17-18-19-20-21-22-23-24-25-26-27-28-30-32-34-36-38-40-45(50)44(42-48)47-46(51)41-43(49)39-37-35-33-31-29-14-12-10-8-6-4-2/h25-26,30-33,37-40,43-45,48-50H,3-24,27-29,34-36,41-42H2,1-2H3,(H,47,51)/b26-25+,32-30+,33-31-,39-37-,40-38+. The molecule has 0 aromatic rings. The third-order valence-electron chi connectivity index (χ3n) is 9.51. The first-order valence-corrected chi connectivity index (χ1v) is 21.6. The van der Waals surface area contributed by atoms with E-state index in [1.807, 2.05) is 12.2 Å². The van der Waals surface area contributed by atoms with Crippen LogP contribution in [0.15, 0.2) is 60.8 Å². The highest BCUT2D eigenvalue weighted by Crippen LogP contribution is 2.14. The molecule has 0 aromatic heterocycles. The Labute approximate surface area is 316 Å². The maximum absolute atomic E-state index is 12.3. The summed E-state index contributed by atoms with van der Waals surface area (Å²) in [4.78, 5) is 12.3. The van der Waals surface area contributed by atoms with Gasteiger partial charge in [0.25, 0.3) is 0 Å². The van der Waals surface area contributed by atoms with Crippen molar-refractivity contribution in [2.75, 3.05) is 6.61 Å². The van der Waals surface area contributed by atoms with Crippen molar-refractivity contribution in [3.63, 3.8) is 0 Å². The molecule has 0 rings (SSSR count). The number of aliphatic hydroxyl groups excluding tert-OH is 3. The molecule has 0 spiro atoms. The molecule has 5 heteroatoms. The minimum atomic E-state index is -0.984. The Morgan fingerprint density at radius 1 is 0.490 bits per heavy atom. The number of allylic oxidation sites excluding steroid dienone is 8. The summed E-state index contributed by atoms with van der Waals surface area (Å²) < 4.78 is 0. The van der Waals surface area contributed by atoms with Crippen LogP contribution in [0.2, 0.25) is 0 Å². The van der Waals surface area contributed by atoms with E-state index in [-0.39, 0.29) is 13.0 Å². The van der Waals surface area contributed by atoms with Crippen LogP contribution in [0.5, 0.6) is 0 Å². The molecule has 296 valence electrons. The van der Waals surface area contributed by atoms with E-state index in [1.165, 1.54) is 141 Å². The number of nitrogens with one attached hydrogen (secondary N) is 1. The fourth-order valence-electron chi connectivity index (χ4n) is 6.19. The summed E-state index contributed by atoms with van der Waals surface area (Å²) in [6, 6.07) is -0.800. The van der Waals surface area contributed by atoms with Crippen LogP contribution >= 0.6 is 0 Å². The molecule has 0 radical (unpaired) electrons. The van der Waals surface area contributed by atoms with Crippen LogP contribution in [0.4, 0.5) is 0 Å². The first-order chi connectivity index (χ1) is 25.0. The van der Waals surface area contributed by atoms with Gasteiger partial charge in [0.1, 0.15) is 0 Å². The lowest BCUT2D eigenvalue weighted by Crippen LogP contribution is -2.45. The maximum atomic E-state index is 12.3. The summed E-state index contributed by atoms with van der Waals surface area (Å²) in [5.74, 6) is -0.399. The Balaban J connectivity index is 3.78. The van der Waals surface area contributed by atoms with Crippen molar-refractivity contribution in [1.82, 2.24) is 5.32 Å². The number of hydrogen-bond donors (Lipinski definition) is 4. The minimum Gasteiger partial charge on any atom is -0.394 e. The molecular formula is C46H83NO4. The van der Waals surface area contributed by atoms with Gasteiger partial charge in [-0.15, -0.1) is 0 Å². The smallest absolute Gasteiger partial charge is 0.223 e. The molecular weight excluding hydrogens is 631 g/mol. The summed E-state index contributed by atoms with van der Waals surface area (Å²) in [7, 11) is 0. The quantitative estimate of drug-likeness (QED) is 0.0379. The fraction of sp³-hybridized carbons (Fsp3) is 0.761. The van der Waals surface area contributed by atoms with Crippen LogP contribution in [0.25, 0.3) is 0 Å². The average Bonchev–Trinajstić information content (AvgIpc) is 3.12. The van der Waals surface area contributed by atoms with Crippen LogP contribution < -0.4 is 5.32 Å². The van der Waals surface area contributed by atoms with Gasteiger partial charge in [0.2, 0.25) is 5.91 Å². The van der Waals surface area contributed by atoms with Gasteiger partial charge in [-0.1, -0.05) is 197 Å². The normalized spacial score (nSPS) is 14.2. The third-order valence-corrected chi connectivity index (χ3v) is 9.51. The van der Waals surface area contributed by atoms with Crippen molar-refractivity contribution in [1.29, 1.82) is 0 Å². The van der Waals surface area contributed by atoms with Crippen LogP contribution in [0.3, 0.4) is 0 Å². The molecule has 0 heterocycles. The number of carbonyl (C=O) groups is 1. The number of amides is 1. The first-order valence-electron chi connectivity index (χ1n) is 21.6. The maximum Gasteiger partial charge on any atom is 0.223 e. The molecule has 5 nitrogen and oxygen atoms in total. The molecule has 1 amide bonds. The van der Waals surface area contributed by atoms with E-state index in [0.717, 1.165) is 38.5 Å². The van der Waals surface area contributed by atoms with Crippen molar-refractivity contribution in [3.05, 3.63) is 60.8 Å². The Hall–Kier alpha value is -1.95. The monoisotopic (exact) mass is 714 g/mol. The molecule has 3 unspecified atom stereocenters. The van der Waals surface area contributed by atoms with Crippen molar-refractivity contribution in [2.45, 2.75) is 218 Å². The number of aliphatic hydroxyl groups is 3. The molecule has 0 aliphatic rings. The van der Waals surface area contributed by atoms with Crippen LogP contribution in [0, 0.1) is 0 Å². The van der Waals surface area contributed by atoms with E-state index in [4.69, 9.17) is 0 Å². The lowest BCUT2D eigenvalue weighted by atomic mass is 10.0. The molecule has 51 heavy (non-hydrogen) atoms. The second kappa shape index (κ2) is 40.8. The Kier molecular flexibility index (Phi) is 39.3. The first kappa shape index (κ1) is 49.0. The van der Waals surface area contributed by atoms with E-state index in [1.54, 1.807) is 12.2 Å². The second-order valence-electron chi connectivity index (χ2n) is 14.6.